The number of hydrogen-bond donors (Lipinski definition) is 1. The summed E-state index contributed by atoms with van der Waals surface area (Å²) in [5, 5.41) is 0.759. The van der Waals surface area contributed by atoms with Crippen LogP contribution in [0.1, 0.15) is 5.56 Å². The molecule has 1 heterocycles. The van der Waals surface area contributed by atoms with Crippen molar-refractivity contribution in [2.24, 2.45) is 0 Å². The summed E-state index contributed by atoms with van der Waals surface area (Å²) in [7, 11) is 0. The van der Waals surface area contributed by atoms with Crippen LogP contribution >= 0.6 is 11.6 Å². The van der Waals surface area contributed by atoms with Crippen molar-refractivity contribution in [3.05, 3.63) is 47.2 Å². The molecule has 0 bridgehead atoms. The Hall–Kier alpha value is -1.54. The maximum Gasteiger partial charge on any atom is 0.0506 e. The number of rotatable bonds is 1. The molecule has 0 saturated heterocycles. The monoisotopic (exact) mass is 218 g/mol. The van der Waals surface area contributed by atoms with Gasteiger partial charge in [0, 0.05) is 23.0 Å². The molecule has 0 spiro atoms. The third-order valence-corrected chi connectivity index (χ3v) is 2.75. The maximum atomic E-state index is 6.05. The van der Waals surface area contributed by atoms with E-state index in [4.69, 9.17) is 17.3 Å². The Bertz CT molecular complexity index is 495. The van der Waals surface area contributed by atoms with Crippen LogP contribution in [0.2, 0.25) is 5.02 Å². The third-order valence-electron chi connectivity index (χ3n) is 2.34. The Morgan fingerprint density at radius 2 is 2.07 bits per heavy atom. The number of nitrogens with two attached hydrogens (primary N) is 1. The minimum absolute atomic E-state index is 0.659. The highest BCUT2D eigenvalue weighted by molar-refractivity contribution is 6.31. The lowest BCUT2D eigenvalue weighted by molar-refractivity contribution is 1.32. The molecule has 3 heteroatoms. The molecule has 1 aromatic heterocycles. The van der Waals surface area contributed by atoms with Crippen molar-refractivity contribution >= 4 is 17.3 Å². The molecule has 2 nitrogen and oxygen atoms in total. The molecule has 0 fully saturated rings. The van der Waals surface area contributed by atoms with Crippen molar-refractivity contribution in [3.8, 4) is 11.1 Å². The number of nitrogens with zero attached hydrogens (tertiary/aromatic N) is 1. The van der Waals surface area contributed by atoms with E-state index in [1.54, 1.807) is 12.4 Å². The highest BCUT2D eigenvalue weighted by Crippen LogP contribution is 2.28. The maximum absolute atomic E-state index is 6.05. The van der Waals surface area contributed by atoms with E-state index >= 15 is 0 Å². The number of nitrogen functional groups attached to an aromatic ring is 1. The molecule has 0 aliphatic heterocycles. The summed E-state index contributed by atoms with van der Waals surface area (Å²) >= 11 is 6.05. The predicted molar refractivity (Wildman–Crippen MR) is 63.8 cm³/mol. The van der Waals surface area contributed by atoms with Crippen LogP contribution in [0.4, 0.5) is 5.69 Å². The Morgan fingerprint density at radius 1 is 1.27 bits per heavy atom. The third kappa shape index (κ3) is 1.95. The molecule has 0 unspecified atom stereocenters. The Labute approximate surface area is 93.7 Å². The molecule has 0 aliphatic rings. The van der Waals surface area contributed by atoms with Gasteiger partial charge in [0.15, 0.2) is 0 Å². The van der Waals surface area contributed by atoms with Crippen LogP contribution in [0, 0.1) is 6.92 Å². The van der Waals surface area contributed by atoms with E-state index in [0.29, 0.717) is 5.69 Å². The van der Waals surface area contributed by atoms with E-state index < -0.39 is 0 Å². The second kappa shape index (κ2) is 3.91. The van der Waals surface area contributed by atoms with Crippen LogP contribution in [0.15, 0.2) is 36.7 Å². The van der Waals surface area contributed by atoms with Gasteiger partial charge < -0.3 is 5.73 Å². The van der Waals surface area contributed by atoms with Gasteiger partial charge >= 0.3 is 0 Å². The largest absolute Gasteiger partial charge is 0.397 e. The number of anilines is 1. The van der Waals surface area contributed by atoms with Crippen molar-refractivity contribution < 1.29 is 0 Å². The topological polar surface area (TPSA) is 38.9 Å². The number of aromatic nitrogens is 1. The Morgan fingerprint density at radius 3 is 2.80 bits per heavy atom. The summed E-state index contributed by atoms with van der Waals surface area (Å²) in [5.74, 6) is 0. The van der Waals surface area contributed by atoms with Gasteiger partial charge in [-0.1, -0.05) is 23.7 Å². The fourth-order valence-corrected chi connectivity index (χ4v) is 1.70. The molecular weight excluding hydrogens is 208 g/mol. The average molecular weight is 219 g/mol. The van der Waals surface area contributed by atoms with Gasteiger partial charge in [-0.25, -0.2) is 0 Å². The number of pyridine rings is 1. The van der Waals surface area contributed by atoms with Crippen molar-refractivity contribution in [1.29, 1.82) is 0 Å². The SMILES string of the molecule is Cc1c(Cl)cccc1-c1cncc(N)c1. The Kier molecular flexibility index (Phi) is 2.60. The van der Waals surface area contributed by atoms with Crippen LogP contribution in [-0.2, 0) is 0 Å². The molecule has 0 amide bonds. The van der Waals surface area contributed by atoms with Gasteiger partial charge in [-0.2, -0.15) is 0 Å². The van der Waals surface area contributed by atoms with Gasteiger partial charge in [0.25, 0.3) is 0 Å². The van der Waals surface area contributed by atoms with E-state index in [1.165, 1.54) is 0 Å². The molecule has 2 rings (SSSR count). The van der Waals surface area contributed by atoms with E-state index in [0.717, 1.165) is 21.7 Å². The number of benzene rings is 1. The van der Waals surface area contributed by atoms with Gasteiger partial charge in [-0.15, -0.1) is 0 Å². The molecule has 0 saturated carbocycles. The van der Waals surface area contributed by atoms with Crippen LogP contribution in [0.25, 0.3) is 11.1 Å². The first-order valence-electron chi connectivity index (χ1n) is 4.64. The highest BCUT2D eigenvalue weighted by atomic mass is 35.5. The summed E-state index contributed by atoms with van der Waals surface area (Å²) in [4.78, 5) is 4.06. The Balaban J connectivity index is 2.59. The standard InChI is InChI=1S/C12H11ClN2/c1-8-11(3-2-4-12(8)13)9-5-10(14)7-15-6-9/h2-7H,14H2,1H3. The van der Waals surface area contributed by atoms with Gasteiger partial charge in [0.1, 0.15) is 0 Å². The highest BCUT2D eigenvalue weighted by Gasteiger charge is 2.04. The first-order valence-corrected chi connectivity index (χ1v) is 5.02. The summed E-state index contributed by atoms with van der Waals surface area (Å²) in [6.45, 7) is 1.99. The smallest absolute Gasteiger partial charge is 0.0506 e. The van der Waals surface area contributed by atoms with Gasteiger partial charge in [-0.3, -0.25) is 4.98 Å². The van der Waals surface area contributed by atoms with E-state index in [9.17, 15) is 0 Å². The normalized spacial score (nSPS) is 10.3. The molecule has 2 N–H and O–H groups in total. The minimum Gasteiger partial charge on any atom is -0.397 e. The second-order valence-electron chi connectivity index (χ2n) is 3.42. The minimum atomic E-state index is 0.659. The zero-order valence-corrected chi connectivity index (χ0v) is 9.12. The number of halogens is 1. The van der Waals surface area contributed by atoms with E-state index in [1.807, 2.05) is 31.2 Å². The van der Waals surface area contributed by atoms with Gasteiger partial charge in [0.05, 0.1) is 5.69 Å². The van der Waals surface area contributed by atoms with Crippen molar-refractivity contribution in [2.75, 3.05) is 5.73 Å². The fraction of sp³-hybridized carbons (Fsp3) is 0.0833. The summed E-state index contributed by atoms with van der Waals surface area (Å²) in [6.07, 6.45) is 3.42. The summed E-state index contributed by atoms with van der Waals surface area (Å²) in [6, 6.07) is 7.71. The van der Waals surface area contributed by atoms with Crippen molar-refractivity contribution in [1.82, 2.24) is 4.98 Å². The van der Waals surface area contributed by atoms with E-state index in [-0.39, 0.29) is 0 Å². The summed E-state index contributed by atoms with van der Waals surface area (Å²) in [5.41, 5.74) is 9.46. The van der Waals surface area contributed by atoms with Crippen LogP contribution < -0.4 is 5.73 Å². The molecule has 76 valence electrons. The van der Waals surface area contributed by atoms with Crippen molar-refractivity contribution in [3.63, 3.8) is 0 Å². The molecule has 0 atom stereocenters. The lowest BCUT2D eigenvalue weighted by Crippen LogP contribution is -1.89. The lowest BCUT2D eigenvalue weighted by atomic mass is 10.0. The number of hydrogen-bond acceptors (Lipinski definition) is 2. The molecule has 0 aliphatic carbocycles. The predicted octanol–water partition coefficient (Wildman–Crippen LogP) is 3.29. The van der Waals surface area contributed by atoms with Crippen molar-refractivity contribution in [2.45, 2.75) is 6.92 Å². The summed E-state index contributed by atoms with van der Waals surface area (Å²) < 4.78 is 0. The molecular formula is C12H11ClN2. The zero-order chi connectivity index (χ0) is 10.8. The zero-order valence-electron chi connectivity index (χ0n) is 8.37. The van der Waals surface area contributed by atoms with Gasteiger partial charge in [0.2, 0.25) is 0 Å². The molecule has 2 aromatic rings. The van der Waals surface area contributed by atoms with E-state index in [2.05, 4.69) is 4.98 Å². The van der Waals surface area contributed by atoms with Crippen LogP contribution in [0.5, 0.6) is 0 Å². The molecule has 0 radical (unpaired) electrons. The fourth-order valence-electron chi connectivity index (χ4n) is 1.53. The van der Waals surface area contributed by atoms with Crippen LogP contribution in [-0.4, -0.2) is 4.98 Å². The molecule has 15 heavy (non-hydrogen) atoms. The average Bonchev–Trinajstić information content (AvgIpc) is 2.22. The lowest BCUT2D eigenvalue weighted by Gasteiger charge is -2.07. The van der Waals surface area contributed by atoms with Crippen LogP contribution in [0.3, 0.4) is 0 Å². The quantitative estimate of drug-likeness (QED) is 0.798. The first-order chi connectivity index (χ1) is 7.18. The second-order valence-corrected chi connectivity index (χ2v) is 3.83. The van der Waals surface area contributed by atoms with Gasteiger partial charge in [-0.05, 0) is 30.2 Å². The molecule has 1 aromatic carbocycles. The first kappa shape index (κ1) is 9.99.